The molecule has 0 saturated heterocycles. The van der Waals surface area contributed by atoms with Crippen LogP contribution < -0.4 is 10.9 Å². The zero-order chi connectivity index (χ0) is 21.3. The van der Waals surface area contributed by atoms with Crippen LogP contribution in [0.1, 0.15) is 16.8 Å². The third kappa shape index (κ3) is 6.56. The monoisotopic (exact) mass is 424 g/mol. The summed E-state index contributed by atoms with van der Waals surface area (Å²) < 4.78 is 0. The lowest BCUT2D eigenvalue weighted by molar-refractivity contribution is -0.384. The number of H-pyrrole nitrogens is 1. The van der Waals surface area contributed by atoms with Crippen molar-refractivity contribution >= 4 is 23.4 Å². The summed E-state index contributed by atoms with van der Waals surface area (Å²) in [6, 6.07) is 17.4. The Morgan fingerprint density at radius 3 is 2.63 bits per heavy atom. The minimum absolute atomic E-state index is 0.00305. The highest BCUT2D eigenvalue weighted by Gasteiger charge is 2.10. The molecule has 2 N–H and O–H groups in total. The molecular weight excluding hydrogens is 404 g/mol. The largest absolute Gasteiger partial charge is 0.355 e. The first-order valence-electron chi connectivity index (χ1n) is 9.26. The Kier molecular flexibility index (Phi) is 7.34. The van der Waals surface area contributed by atoms with E-state index in [1.807, 2.05) is 30.3 Å². The molecule has 0 bridgehead atoms. The second-order valence-electron chi connectivity index (χ2n) is 6.52. The zero-order valence-corrected chi connectivity index (χ0v) is 16.9. The van der Waals surface area contributed by atoms with Crippen molar-refractivity contribution < 1.29 is 9.72 Å². The number of nitrogens with one attached hydrogen (secondary N) is 2. The van der Waals surface area contributed by atoms with E-state index in [0.717, 1.165) is 17.5 Å². The molecule has 0 radical (unpaired) electrons. The number of rotatable bonds is 9. The fraction of sp³-hybridized carbons (Fsp3) is 0.190. The molecule has 2 aromatic carbocycles. The number of hydrogen-bond donors (Lipinski definition) is 2. The van der Waals surface area contributed by atoms with Crippen molar-refractivity contribution in [3.05, 3.63) is 98.0 Å². The lowest BCUT2D eigenvalue weighted by Crippen LogP contribution is -2.28. The first-order valence-corrected chi connectivity index (χ1v) is 10.2. The van der Waals surface area contributed by atoms with E-state index in [0.29, 0.717) is 23.1 Å². The van der Waals surface area contributed by atoms with Crippen molar-refractivity contribution in [1.29, 1.82) is 0 Å². The molecule has 0 fully saturated rings. The van der Waals surface area contributed by atoms with Gasteiger partial charge in [0.15, 0.2) is 5.16 Å². The molecule has 0 saturated carbocycles. The van der Waals surface area contributed by atoms with E-state index in [1.165, 1.54) is 30.0 Å². The van der Waals surface area contributed by atoms with Crippen molar-refractivity contribution in [2.75, 3.05) is 6.54 Å². The Hall–Kier alpha value is -3.46. The lowest BCUT2D eigenvalue weighted by Gasteiger charge is -2.06. The van der Waals surface area contributed by atoms with Gasteiger partial charge in [-0.15, -0.1) is 0 Å². The minimum Gasteiger partial charge on any atom is -0.355 e. The Balaban J connectivity index is 1.55. The number of benzene rings is 2. The molecule has 0 unspecified atom stereocenters. The number of nitro benzene ring substituents is 1. The van der Waals surface area contributed by atoms with Crippen molar-refractivity contribution in [3.8, 4) is 0 Å². The second kappa shape index (κ2) is 10.4. The summed E-state index contributed by atoms with van der Waals surface area (Å²) in [7, 11) is 0. The summed E-state index contributed by atoms with van der Waals surface area (Å²) in [6.45, 7) is 0.500. The van der Waals surface area contributed by atoms with E-state index in [-0.39, 0.29) is 23.6 Å². The first-order chi connectivity index (χ1) is 14.5. The van der Waals surface area contributed by atoms with Gasteiger partial charge in [0.25, 0.3) is 11.2 Å². The average molecular weight is 424 g/mol. The Bertz CT molecular complexity index is 1090. The van der Waals surface area contributed by atoms with Gasteiger partial charge in [-0.05, 0) is 17.5 Å². The maximum absolute atomic E-state index is 12.2. The van der Waals surface area contributed by atoms with Crippen LogP contribution in [-0.2, 0) is 23.4 Å². The number of hydrogen-bond acceptors (Lipinski definition) is 6. The number of thioether (sulfide) groups is 1. The van der Waals surface area contributed by atoms with Crippen LogP contribution in [0.2, 0.25) is 0 Å². The minimum atomic E-state index is -0.453. The van der Waals surface area contributed by atoms with Crippen LogP contribution in [0.4, 0.5) is 5.69 Å². The van der Waals surface area contributed by atoms with Crippen LogP contribution in [0, 0.1) is 10.1 Å². The number of nitro groups is 1. The molecule has 1 amide bonds. The topological polar surface area (TPSA) is 118 Å². The highest BCUT2D eigenvalue weighted by Crippen LogP contribution is 2.21. The van der Waals surface area contributed by atoms with Crippen LogP contribution in [0.5, 0.6) is 0 Å². The Labute approximate surface area is 176 Å². The predicted octanol–water partition coefficient (Wildman–Crippen LogP) is 2.87. The number of carbonyl (C=O) groups is 1. The third-order valence-electron chi connectivity index (χ3n) is 4.19. The van der Waals surface area contributed by atoms with Crippen molar-refractivity contribution in [2.24, 2.45) is 0 Å². The van der Waals surface area contributed by atoms with Crippen molar-refractivity contribution in [2.45, 2.75) is 23.8 Å². The van der Waals surface area contributed by atoms with E-state index < -0.39 is 4.92 Å². The Morgan fingerprint density at radius 2 is 1.87 bits per heavy atom. The zero-order valence-electron chi connectivity index (χ0n) is 16.0. The van der Waals surface area contributed by atoms with Gasteiger partial charge >= 0.3 is 0 Å². The molecule has 3 aromatic rings. The predicted molar refractivity (Wildman–Crippen MR) is 114 cm³/mol. The summed E-state index contributed by atoms with van der Waals surface area (Å²) in [5.41, 5.74) is 1.90. The number of carbonyl (C=O) groups excluding carboxylic acids is 1. The molecule has 0 atom stereocenters. The molecule has 8 nitrogen and oxygen atoms in total. The summed E-state index contributed by atoms with van der Waals surface area (Å²) in [4.78, 5) is 41.5. The number of non-ortho nitro benzene ring substituents is 1. The molecule has 3 rings (SSSR count). The quantitative estimate of drug-likeness (QED) is 0.236. The Morgan fingerprint density at radius 1 is 1.10 bits per heavy atom. The van der Waals surface area contributed by atoms with E-state index in [2.05, 4.69) is 15.3 Å². The number of aromatic nitrogens is 2. The van der Waals surface area contributed by atoms with Gasteiger partial charge in [-0.1, -0.05) is 54.2 Å². The van der Waals surface area contributed by atoms with Crippen molar-refractivity contribution in [3.63, 3.8) is 0 Å². The molecule has 30 heavy (non-hydrogen) atoms. The van der Waals surface area contributed by atoms with Crippen LogP contribution in [-0.4, -0.2) is 27.3 Å². The van der Waals surface area contributed by atoms with Gasteiger partial charge in [0.1, 0.15) is 0 Å². The molecule has 0 aliphatic carbocycles. The smallest absolute Gasteiger partial charge is 0.269 e. The average Bonchev–Trinajstić information content (AvgIpc) is 2.73. The number of amides is 1. The molecule has 1 heterocycles. The number of nitrogens with zero attached hydrogens (tertiary/aromatic N) is 2. The highest BCUT2D eigenvalue weighted by molar-refractivity contribution is 7.98. The summed E-state index contributed by atoms with van der Waals surface area (Å²) >= 11 is 1.24. The fourth-order valence-electron chi connectivity index (χ4n) is 2.77. The molecular formula is C21H20N4O4S. The fourth-order valence-corrected chi connectivity index (χ4v) is 3.61. The molecule has 154 valence electrons. The van der Waals surface area contributed by atoms with E-state index >= 15 is 0 Å². The van der Waals surface area contributed by atoms with Crippen LogP contribution in [0.3, 0.4) is 0 Å². The molecule has 9 heteroatoms. The maximum Gasteiger partial charge on any atom is 0.269 e. The van der Waals surface area contributed by atoms with E-state index in [1.54, 1.807) is 12.1 Å². The summed E-state index contributed by atoms with van der Waals surface area (Å²) in [6.07, 6.45) is 0.725. The molecule has 1 aromatic heterocycles. The first kappa shape index (κ1) is 21.3. The van der Waals surface area contributed by atoms with E-state index in [9.17, 15) is 19.7 Å². The lowest BCUT2D eigenvalue weighted by atomic mass is 10.1. The summed E-state index contributed by atoms with van der Waals surface area (Å²) in [5.74, 6) is 0.191. The van der Waals surface area contributed by atoms with Gasteiger partial charge in [-0.25, -0.2) is 4.98 Å². The third-order valence-corrected chi connectivity index (χ3v) is 5.13. The van der Waals surface area contributed by atoms with Crippen LogP contribution >= 0.6 is 11.8 Å². The van der Waals surface area contributed by atoms with Crippen LogP contribution in [0.15, 0.2) is 70.6 Å². The van der Waals surface area contributed by atoms with E-state index in [4.69, 9.17) is 0 Å². The van der Waals surface area contributed by atoms with Gasteiger partial charge in [-0.2, -0.15) is 0 Å². The second-order valence-corrected chi connectivity index (χ2v) is 7.48. The summed E-state index contributed by atoms with van der Waals surface area (Å²) in [5, 5.41) is 14.1. The maximum atomic E-state index is 12.2. The van der Waals surface area contributed by atoms with Crippen LogP contribution in [0.25, 0.3) is 0 Å². The van der Waals surface area contributed by atoms with Gasteiger partial charge in [0.2, 0.25) is 5.91 Å². The molecule has 0 aliphatic rings. The SMILES string of the molecule is O=C(Cc1cc(=O)[nH]c(SCc2cccc([N+](=O)[O-])c2)n1)NCCc1ccccc1. The van der Waals surface area contributed by atoms with Gasteiger partial charge in [-0.3, -0.25) is 19.7 Å². The normalized spacial score (nSPS) is 10.5. The van der Waals surface area contributed by atoms with Gasteiger partial charge < -0.3 is 10.3 Å². The number of aromatic amines is 1. The molecule has 0 spiro atoms. The molecule has 0 aliphatic heterocycles. The van der Waals surface area contributed by atoms with Gasteiger partial charge in [0.05, 0.1) is 17.0 Å². The van der Waals surface area contributed by atoms with Gasteiger partial charge in [0, 0.05) is 30.5 Å². The standard InChI is InChI=1S/C21H20N4O4S/c26-19(22-10-9-15-5-2-1-3-6-15)12-17-13-20(27)24-21(23-17)30-14-16-7-4-8-18(11-16)25(28)29/h1-8,11,13H,9-10,12,14H2,(H,22,26)(H,23,24,27). The highest BCUT2D eigenvalue weighted by atomic mass is 32.2. The van der Waals surface area contributed by atoms with Crippen molar-refractivity contribution in [1.82, 2.24) is 15.3 Å².